The molecule has 1 heterocycles. The van der Waals surface area contributed by atoms with Crippen LogP contribution in [0.2, 0.25) is 5.02 Å². The summed E-state index contributed by atoms with van der Waals surface area (Å²) in [7, 11) is 3.15. The Morgan fingerprint density at radius 2 is 2.13 bits per heavy atom. The molecule has 0 aliphatic heterocycles. The minimum Gasteiger partial charge on any atom is -0.391 e. The number of hydrogen-bond donors (Lipinski definition) is 0. The number of aryl methyl sites for hydroxylation is 1. The van der Waals surface area contributed by atoms with Gasteiger partial charge in [0.1, 0.15) is 5.82 Å². The predicted octanol–water partition coefficient (Wildman–Crippen LogP) is 3.93. The van der Waals surface area contributed by atoms with E-state index in [1.807, 2.05) is 0 Å². The van der Waals surface area contributed by atoms with Crippen molar-refractivity contribution in [3.8, 4) is 5.88 Å². The standard InChI is InChI=1S/C15H15ClFN3O2S/c1-9-7-13(22-15(21)20(2)3)19-14(18-9)23-8-10-11(16)5-4-6-12(10)17/h4-7H,8H2,1-3H3. The second-order valence-corrected chi connectivity index (χ2v) is 6.23. The summed E-state index contributed by atoms with van der Waals surface area (Å²) in [6.45, 7) is 1.76. The first-order valence-corrected chi connectivity index (χ1v) is 8.03. The number of benzene rings is 1. The lowest BCUT2D eigenvalue weighted by Gasteiger charge is -2.11. The number of ether oxygens (including phenoxy) is 1. The van der Waals surface area contributed by atoms with Gasteiger partial charge < -0.3 is 9.64 Å². The highest BCUT2D eigenvalue weighted by Gasteiger charge is 2.12. The second kappa shape index (κ2) is 7.61. The molecule has 0 unspecified atom stereocenters. The Morgan fingerprint density at radius 1 is 1.39 bits per heavy atom. The third-order valence-corrected chi connectivity index (χ3v) is 4.00. The normalized spacial score (nSPS) is 10.5. The van der Waals surface area contributed by atoms with Crippen molar-refractivity contribution >= 4 is 29.5 Å². The molecule has 23 heavy (non-hydrogen) atoms. The van der Waals surface area contributed by atoms with Crippen molar-refractivity contribution in [3.63, 3.8) is 0 Å². The lowest BCUT2D eigenvalue weighted by Crippen LogP contribution is -2.25. The number of nitrogens with zero attached hydrogens (tertiary/aromatic N) is 3. The fraction of sp³-hybridized carbons (Fsp3) is 0.267. The summed E-state index contributed by atoms with van der Waals surface area (Å²) in [5.74, 6) is 0.0472. The van der Waals surface area contributed by atoms with Crippen LogP contribution in [0.5, 0.6) is 5.88 Å². The van der Waals surface area contributed by atoms with Gasteiger partial charge in [0, 0.05) is 42.2 Å². The van der Waals surface area contributed by atoms with Crippen LogP contribution in [-0.4, -0.2) is 35.1 Å². The van der Waals surface area contributed by atoms with E-state index in [1.165, 1.54) is 22.7 Å². The van der Waals surface area contributed by atoms with Crippen LogP contribution in [-0.2, 0) is 5.75 Å². The molecular weight excluding hydrogens is 341 g/mol. The van der Waals surface area contributed by atoms with Crippen molar-refractivity contribution in [2.45, 2.75) is 17.8 Å². The number of rotatable bonds is 4. The summed E-state index contributed by atoms with van der Waals surface area (Å²) in [6, 6.07) is 6.08. The molecule has 122 valence electrons. The fourth-order valence-corrected chi connectivity index (χ4v) is 2.86. The van der Waals surface area contributed by atoms with Gasteiger partial charge in [-0.3, -0.25) is 0 Å². The number of amides is 1. The number of thioether (sulfide) groups is 1. The summed E-state index contributed by atoms with van der Waals surface area (Å²) in [5.41, 5.74) is 1.03. The van der Waals surface area contributed by atoms with Crippen molar-refractivity contribution < 1.29 is 13.9 Å². The number of halogens is 2. The van der Waals surface area contributed by atoms with E-state index < -0.39 is 6.09 Å². The molecule has 0 bridgehead atoms. The van der Waals surface area contributed by atoms with E-state index in [0.29, 0.717) is 21.4 Å². The van der Waals surface area contributed by atoms with Crippen LogP contribution in [0.25, 0.3) is 0 Å². The van der Waals surface area contributed by atoms with E-state index in [2.05, 4.69) is 9.97 Å². The topological polar surface area (TPSA) is 55.3 Å². The zero-order chi connectivity index (χ0) is 17.0. The highest BCUT2D eigenvalue weighted by molar-refractivity contribution is 7.98. The largest absolute Gasteiger partial charge is 0.416 e. The molecule has 0 aliphatic rings. The lowest BCUT2D eigenvalue weighted by molar-refractivity contribution is 0.169. The van der Waals surface area contributed by atoms with Gasteiger partial charge in [-0.25, -0.2) is 14.2 Å². The van der Waals surface area contributed by atoms with E-state index >= 15 is 0 Å². The maximum Gasteiger partial charge on any atom is 0.416 e. The molecule has 2 rings (SSSR count). The average Bonchev–Trinajstić information content (AvgIpc) is 2.46. The van der Waals surface area contributed by atoms with Crippen LogP contribution in [0.4, 0.5) is 9.18 Å². The highest BCUT2D eigenvalue weighted by Crippen LogP contribution is 2.27. The summed E-state index contributed by atoms with van der Waals surface area (Å²) in [5, 5.41) is 0.732. The molecule has 0 saturated heterocycles. The zero-order valence-electron chi connectivity index (χ0n) is 12.8. The van der Waals surface area contributed by atoms with E-state index in [1.54, 1.807) is 39.2 Å². The molecular formula is C15H15ClFN3O2S. The van der Waals surface area contributed by atoms with Crippen molar-refractivity contribution in [1.82, 2.24) is 14.9 Å². The molecule has 0 aliphatic carbocycles. The van der Waals surface area contributed by atoms with Crippen LogP contribution in [0.3, 0.4) is 0 Å². The van der Waals surface area contributed by atoms with Gasteiger partial charge in [-0.15, -0.1) is 0 Å². The molecule has 8 heteroatoms. The van der Waals surface area contributed by atoms with Crippen LogP contribution in [0.15, 0.2) is 29.4 Å². The van der Waals surface area contributed by atoms with Gasteiger partial charge in [0.2, 0.25) is 5.88 Å². The Balaban J connectivity index is 2.14. The van der Waals surface area contributed by atoms with Crippen LogP contribution in [0, 0.1) is 12.7 Å². The van der Waals surface area contributed by atoms with Gasteiger partial charge in [0.25, 0.3) is 0 Å². The third kappa shape index (κ3) is 4.80. The molecule has 1 aromatic carbocycles. The maximum absolute atomic E-state index is 13.8. The quantitative estimate of drug-likeness (QED) is 0.614. The molecule has 5 nitrogen and oxygen atoms in total. The Kier molecular flexibility index (Phi) is 5.79. The minimum atomic E-state index is -0.531. The SMILES string of the molecule is Cc1cc(OC(=O)N(C)C)nc(SCc2c(F)cccc2Cl)n1. The summed E-state index contributed by atoms with van der Waals surface area (Å²) >= 11 is 7.21. The van der Waals surface area contributed by atoms with Gasteiger partial charge >= 0.3 is 6.09 Å². The molecule has 2 aromatic rings. The minimum absolute atomic E-state index is 0.151. The average molecular weight is 356 g/mol. The first kappa shape index (κ1) is 17.5. The van der Waals surface area contributed by atoms with Crippen LogP contribution in [0.1, 0.15) is 11.3 Å². The first-order chi connectivity index (χ1) is 10.9. The van der Waals surface area contributed by atoms with Crippen molar-refractivity contribution in [2.75, 3.05) is 14.1 Å². The van der Waals surface area contributed by atoms with Crippen LogP contribution >= 0.6 is 23.4 Å². The van der Waals surface area contributed by atoms with Gasteiger partial charge in [-0.2, -0.15) is 4.98 Å². The Bertz CT molecular complexity index is 708. The van der Waals surface area contributed by atoms with E-state index in [4.69, 9.17) is 16.3 Å². The number of aromatic nitrogens is 2. The number of carbonyl (C=O) groups is 1. The Labute approximate surface area is 142 Å². The second-order valence-electron chi connectivity index (χ2n) is 4.88. The zero-order valence-corrected chi connectivity index (χ0v) is 14.4. The van der Waals surface area contributed by atoms with Crippen molar-refractivity contribution in [3.05, 3.63) is 46.4 Å². The van der Waals surface area contributed by atoms with Crippen molar-refractivity contribution in [2.24, 2.45) is 0 Å². The summed E-state index contributed by atoms with van der Waals surface area (Å²) < 4.78 is 18.9. The monoisotopic (exact) mass is 355 g/mol. The predicted molar refractivity (Wildman–Crippen MR) is 87.5 cm³/mol. The molecule has 0 radical (unpaired) electrons. The van der Waals surface area contributed by atoms with Gasteiger partial charge in [0.05, 0.1) is 0 Å². The van der Waals surface area contributed by atoms with Gasteiger partial charge in [0.15, 0.2) is 5.16 Å². The number of hydrogen-bond acceptors (Lipinski definition) is 5. The lowest BCUT2D eigenvalue weighted by atomic mass is 10.2. The van der Waals surface area contributed by atoms with E-state index in [9.17, 15) is 9.18 Å². The summed E-state index contributed by atoms with van der Waals surface area (Å²) in [6.07, 6.45) is -0.531. The molecule has 0 atom stereocenters. The molecule has 0 spiro atoms. The molecule has 0 saturated carbocycles. The third-order valence-electron chi connectivity index (χ3n) is 2.77. The fourth-order valence-electron chi connectivity index (χ4n) is 1.62. The Morgan fingerprint density at radius 3 is 2.78 bits per heavy atom. The number of carbonyl (C=O) groups excluding carboxylic acids is 1. The van der Waals surface area contributed by atoms with E-state index in [-0.39, 0.29) is 17.5 Å². The van der Waals surface area contributed by atoms with Crippen LogP contribution < -0.4 is 4.74 Å². The maximum atomic E-state index is 13.8. The smallest absolute Gasteiger partial charge is 0.391 e. The van der Waals surface area contributed by atoms with Gasteiger partial charge in [-0.1, -0.05) is 29.4 Å². The van der Waals surface area contributed by atoms with Gasteiger partial charge in [-0.05, 0) is 19.1 Å². The molecule has 1 aromatic heterocycles. The summed E-state index contributed by atoms with van der Waals surface area (Å²) in [4.78, 5) is 21.3. The van der Waals surface area contributed by atoms with Crippen molar-refractivity contribution in [1.29, 1.82) is 0 Å². The first-order valence-electron chi connectivity index (χ1n) is 6.67. The molecule has 0 fully saturated rings. The highest BCUT2D eigenvalue weighted by atomic mass is 35.5. The van der Waals surface area contributed by atoms with E-state index in [0.717, 1.165) is 0 Å². The Hall–Kier alpha value is -1.86. The molecule has 0 N–H and O–H groups in total. The molecule has 1 amide bonds.